The zero-order chi connectivity index (χ0) is 29.4. The molecule has 2 atom stereocenters. The van der Waals surface area contributed by atoms with Crippen molar-refractivity contribution >= 4 is 23.8 Å². The van der Waals surface area contributed by atoms with Gasteiger partial charge < -0.3 is 31.1 Å². The van der Waals surface area contributed by atoms with Gasteiger partial charge in [-0.15, -0.1) is 0 Å². The molecular weight excluding hydrogens is 500 g/mol. The first-order valence-electron chi connectivity index (χ1n) is 13.8. The third-order valence-corrected chi connectivity index (χ3v) is 7.07. The van der Waals surface area contributed by atoms with Crippen molar-refractivity contribution in [3.05, 3.63) is 29.8 Å². The smallest absolute Gasteiger partial charge is 0.408 e. The molecule has 1 fully saturated rings. The van der Waals surface area contributed by atoms with Crippen molar-refractivity contribution in [2.75, 3.05) is 0 Å². The van der Waals surface area contributed by atoms with Gasteiger partial charge in [0.15, 0.2) is 0 Å². The van der Waals surface area contributed by atoms with Crippen LogP contribution in [0, 0.1) is 0 Å². The first kappa shape index (κ1) is 31.9. The Labute approximate surface area is 232 Å². The Balaban J connectivity index is 2.56. The number of hydrogen-bond donors (Lipinski definition) is 4. The number of nitrogens with one attached hydrogen (secondary N) is 2. The van der Waals surface area contributed by atoms with E-state index >= 15 is 0 Å². The van der Waals surface area contributed by atoms with Crippen LogP contribution in [0.5, 0.6) is 5.75 Å². The SMILES string of the molecule is CCC(C)(C)N(C(=O)C(CCC(N)=O)NC(=O)OC(C)(C)C)C(C(=O)NC1CCCCC1)c1cccc(O)c1. The second kappa shape index (κ2) is 13.7. The van der Waals surface area contributed by atoms with Gasteiger partial charge in [-0.25, -0.2) is 4.79 Å². The molecule has 1 aliphatic rings. The molecule has 0 aliphatic heterocycles. The number of phenols is 1. The van der Waals surface area contributed by atoms with Gasteiger partial charge in [-0.1, -0.05) is 38.3 Å². The number of nitrogens with zero attached hydrogens (tertiary/aromatic N) is 1. The highest BCUT2D eigenvalue weighted by Gasteiger charge is 2.43. The molecule has 1 saturated carbocycles. The lowest BCUT2D eigenvalue weighted by Crippen LogP contribution is -2.60. The summed E-state index contributed by atoms with van der Waals surface area (Å²) in [5.74, 6) is -1.59. The van der Waals surface area contributed by atoms with E-state index in [0.717, 1.165) is 32.1 Å². The molecule has 0 bridgehead atoms. The number of amides is 4. The Bertz CT molecular complexity index is 1010. The highest BCUT2D eigenvalue weighted by atomic mass is 16.6. The van der Waals surface area contributed by atoms with Gasteiger partial charge in [-0.3, -0.25) is 14.4 Å². The molecule has 5 N–H and O–H groups in total. The van der Waals surface area contributed by atoms with Gasteiger partial charge in [-0.2, -0.15) is 0 Å². The maximum absolute atomic E-state index is 14.3. The molecule has 0 spiro atoms. The molecule has 0 heterocycles. The van der Waals surface area contributed by atoms with Crippen molar-refractivity contribution in [3.63, 3.8) is 0 Å². The average molecular weight is 547 g/mol. The molecule has 218 valence electrons. The number of carbonyl (C=O) groups excluding carboxylic acids is 4. The molecule has 0 aromatic heterocycles. The third-order valence-electron chi connectivity index (χ3n) is 7.07. The van der Waals surface area contributed by atoms with E-state index in [1.165, 1.54) is 17.0 Å². The molecule has 0 saturated heterocycles. The summed E-state index contributed by atoms with van der Waals surface area (Å²) in [5, 5.41) is 16.0. The lowest BCUT2D eigenvalue weighted by Gasteiger charge is -2.45. The van der Waals surface area contributed by atoms with Crippen molar-refractivity contribution in [1.29, 1.82) is 0 Å². The molecular formula is C29H46N4O6. The number of rotatable bonds is 11. The van der Waals surface area contributed by atoms with E-state index in [1.54, 1.807) is 32.9 Å². The quantitative estimate of drug-likeness (QED) is 0.329. The van der Waals surface area contributed by atoms with E-state index in [4.69, 9.17) is 10.5 Å². The number of primary amides is 1. The molecule has 1 aromatic carbocycles. The predicted octanol–water partition coefficient (Wildman–Crippen LogP) is 4.06. The number of alkyl carbamates (subject to hydrolysis) is 1. The second-order valence-corrected chi connectivity index (χ2v) is 11.9. The Hall–Kier alpha value is -3.30. The van der Waals surface area contributed by atoms with Gasteiger partial charge in [0.05, 0.1) is 0 Å². The second-order valence-electron chi connectivity index (χ2n) is 11.9. The van der Waals surface area contributed by atoms with Crippen molar-refractivity contribution in [2.45, 2.75) is 122 Å². The van der Waals surface area contributed by atoms with E-state index in [9.17, 15) is 24.3 Å². The molecule has 2 unspecified atom stereocenters. The van der Waals surface area contributed by atoms with Gasteiger partial charge in [0, 0.05) is 18.0 Å². The van der Waals surface area contributed by atoms with Crippen molar-refractivity contribution in [2.24, 2.45) is 5.73 Å². The van der Waals surface area contributed by atoms with Gasteiger partial charge in [-0.05, 0) is 78.0 Å². The van der Waals surface area contributed by atoms with Gasteiger partial charge in [0.2, 0.25) is 17.7 Å². The molecule has 1 aromatic rings. The van der Waals surface area contributed by atoms with E-state index in [-0.39, 0.29) is 30.5 Å². The van der Waals surface area contributed by atoms with Crippen LogP contribution in [-0.2, 0) is 19.1 Å². The third kappa shape index (κ3) is 9.75. The number of benzene rings is 1. The first-order chi connectivity index (χ1) is 18.1. The fourth-order valence-electron chi connectivity index (χ4n) is 4.75. The van der Waals surface area contributed by atoms with E-state index in [2.05, 4.69) is 10.6 Å². The standard InChI is InChI=1S/C29H46N4O6/c1-7-29(5,6)33(26(37)22(16-17-23(30)35)32-27(38)39-28(2,3)4)24(19-12-11-15-21(34)18-19)25(36)31-20-13-9-8-10-14-20/h11-12,15,18,20,22,24,34H,7-10,13-14,16-17H2,1-6H3,(H2,30,35)(H,31,36)(H,32,38). The molecule has 4 amide bonds. The number of aromatic hydroxyl groups is 1. The molecule has 1 aliphatic carbocycles. The Kier molecular flexibility index (Phi) is 11.2. The maximum Gasteiger partial charge on any atom is 0.408 e. The zero-order valence-electron chi connectivity index (χ0n) is 24.2. The number of carbonyl (C=O) groups is 4. The maximum atomic E-state index is 14.3. The van der Waals surface area contributed by atoms with E-state index in [0.29, 0.717) is 12.0 Å². The summed E-state index contributed by atoms with van der Waals surface area (Å²) in [4.78, 5) is 54.1. The molecule has 2 rings (SSSR count). The van der Waals surface area contributed by atoms with Crippen molar-refractivity contribution in [3.8, 4) is 5.75 Å². The number of phenolic OH excluding ortho intramolecular Hbond substituents is 1. The first-order valence-corrected chi connectivity index (χ1v) is 13.8. The predicted molar refractivity (Wildman–Crippen MR) is 149 cm³/mol. The fraction of sp³-hybridized carbons (Fsp3) is 0.655. The highest BCUT2D eigenvalue weighted by molar-refractivity contribution is 5.93. The van der Waals surface area contributed by atoms with Crippen LogP contribution in [0.1, 0.15) is 105 Å². The minimum absolute atomic E-state index is 0.0155. The fourth-order valence-corrected chi connectivity index (χ4v) is 4.75. The largest absolute Gasteiger partial charge is 0.508 e. The van der Waals surface area contributed by atoms with Crippen molar-refractivity contribution in [1.82, 2.24) is 15.5 Å². The van der Waals surface area contributed by atoms with Crippen LogP contribution in [-0.4, -0.2) is 57.0 Å². The van der Waals surface area contributed by atoms with Crippen LogP contribution in [0.2, 0.25) is 0 Å². The Morgan fingerprint density at radius 3 is 2.28 bits per heavy atom. The molecule has 10 nitrogen and oxygen atoms in total. The molecule has 0 radical (unpaired) electrons. The van der Waals surface area contributed by atoms with Crippen molar-refractivity contribution < 1.29 is 29.0 Å². The summed E-state index contributed by atoms with van der Waals surface area (Å²) in [7, 11) is 0. The topological polar surface area (TPSA) is 151 Å². The van der Waals surface area contributed by atoms with Crippen LogP contribution < -0.4 is 16.4 Å². The Morgan fingerprint density at radius 2 is 1.74 bits per heavy atom. The average Bonchev–Trinajstić information content (AvgIpc) is 2.83. The number of hydrogen-bond acceptors (Lipinski definition) is 6. The number of ether oxygens (including phenoxy) is 1. The van der Waals surface area contributed by atoms with Gasteiger partial charge >= 0.3 is 6.09 Å². The van der Waals surface area contributed by atoms with Crippen LogP contribution in [0.3, 0.4) is 0 Å². The zero-order valence-corrected chi connectivity index (χ0v) is 24.2. The molecule has 10 heteroatoms. The monoisotopic (exact) mass is 546 g/mol. The van der Waals surface area contributed by atoms with E-state index < -0.39 is 41.1 Å². The Morgan fingerprint density at radius 1 is 1.10 bits per heavy atom. The summed E-state index contributed by atoms with van der Waals surface area (Å²) in [5.41, 5.74) is 4.15. The summed E-state index contributed by atoms with van der Waals surface area (Å²) in [6.07, 6.45) is 4.29. The minimum Gasteiger partial charge on any atom is -0.508 e. The van der Waals surface area contributed by atoms with Crippen LogP contribution in [0.4, 0.5) is 4.79 Å². The van der Waals surface area contributed by atoms with Gasteiger partial charge in [0.25, 0.3) is 0 Å². The van der Waals surface area contributed by atoms with Crippen LogP contribution in [0.15, 0.2) is 24.3 Å². The lowest BCUT2D eigenvalue weighted by molar-refractivity contribution is -0.150. The summed E-state index contributed by atoms with van der Waals surface area (Å²) in [6, 6.07) is 3.98. The molecule has 39 heavy (non-hydrogen) atoms. The summed E-state index contributed by atoms with van der Waals surface area (Å²) in [6.45, 7) is 10.7. The van der Waals surface area contributed by atoms with Gasteiger partial charge in [0.1, 0.15) is 23.4 Å². The summed E-state index contributed by atoms with van der Waals surface area (Å²) < 4.78 is 5.38. The lowest BCUT2D eigenvalue weighted by atomic mass is 9.90. The highest BCUT2D eigenvalue weighted by Crippen LogP contribution is 2.34. The normalized spacial score (nSPS) is 16.1. The van der Waals surface area contributed by atoms with E-state index in [1.807, 2.05) is 20.8 Å². The minimum atomic E-state index is -1.18. The summed E-state index contributed by atoms with van der Waals surface area (Å²) >= 11 is 0. The van der Waals surface area contributed by atoms with Crippen LogP contribution >= 0.6 is 0 Å². The van der Waals surface area contributed by atoms with Crippen LogP contribution in [0.25, 0.3) is 0 Å². The number of nitrogens with two attached hydrogens (primary N) is 1.